The molecule has 0 aromatic rings. The van der Waals surface area contributed by atoms with Crippen LogP contribution in [0.4, 0.5) is 0 Å². The predicted molar refractivity (Wildman–Crippen MR) is 25.2 cm³/mol. The molecule has 6 heteroatoms. The van der Waals surface area contributed by atoms with Gasteiger partial charge in [0.15, 0.2) is 0 Å². The van der Waals surface area contributed by atoms with Crippen molar-refractivity contribution in [2.24, 2.45) is 0 Å². The maximum Gasteiger partial charge on any atom is 0.118 e. The summed E-state index contributed by atoms with van der Waals surface area (Å²) in [6.07, 6.45) is 0. The van der Waals surface area contributed by atoms with E-state index in [-0.39, 0.29) is 35.5 Å². The van der Waals surface area contributed by atoms with Crippen molar-refractivity contribution in [3.8, 4) is 0 Å². The van der Waals surface area contributed by atoms with Crippen LogP contribution >= 0.6 is 12.0 Å². The second kappa shape index (κ2) is 10.2. The molecule has 0 amide bonds. The smallest absolute Gasteiger partial charge is 0.118 e. The zero-order chi connectivity index (χ0) is 4.83. The first-order valence-corrected chi connectivity index (χ1v) is 2.03. The first-order valence-electron chi connectivity index (χ1n) is 1.12. The molecule has 4 nitrogen and oxygen atoms in total. The average Bonchev–Trinajstić information content (AvgIpc) is 1.61. The van der Waals surface area contributed by atoms with Crippen LogP contribution in [0, 0.1) is 0 Å². The van der Waals surface area contributed by atoms with E-state index in [4.69, 9.17) is 10.4 Å². The molecule has 39 valence electrons. The minimum Gasteiger partial charge on any atom is -0.383 e. The molecule has 0 bridgehead atoms. The van der Waals surface area contributed by atoms with Gasteiger partial charge in [-0.05, 0) is 0 Å². The fourth-order valence-electron chi connectivity index (χ4n) is 0.0430. The van der Waals surface area contributed by atoms with Crippen LogP contribution in [0.5, 0.6) is 0 Å². The zero-order valence-electron chi connectivity index (χ0n) is 3.83. The van der Waals surface area contributed by atoms with E-state index in [1.54, 1.807) is 0 Å². The number of aliphatic hydroxyl groups excluding tert-OH is 1. The predicted octanol–water partition coefficient (Wildman–Crippen LogP) is -0.375. The summed E-state index contributed by atoms with van der Waals surface area (Å²) in [7, 11) is 0. The van der Waals surface area contributed by atoms with Gasteiger partial charge in [-0.25, -0.2) is 5.26 Å². The molecule has 0 aromatic heterocycles. The molecule has 0 saturated carbocycles. The van der Waals surface area contributed by atoms with Crippen LogP contribution in [0.1, 0.15) is 0 Å². The number of hydrogen-bond acceptors (Lipinski definition) is 5. The Labute approximate surface area is 67.2 Å². The minimum absolute atomic E-state index is 0. The van der Waals surface area contributed by atoms with E-state index in [0.717, 1.165) is 0 Å². The molecule has 0 atom stereocenters. The molecule has 0 fully saturated rings. The van der Waals surface area contributed by atoms with Gasteiger partial charge in [-0.3, -0.25) is 0 Å². The van der Waals surface area contributed by atoms with E-state index in [9.17, 15) is 0 Å². The summed E-state index contributed by atoms with van der Waals surface area (Å²) in [5.74, 6) is -0.236. The van der Waals surface area contributed by atoms with E-state index in [0.29, 0.717) is 12.0 Å². The molecule has 2 N–H and O–H groups in total. The quantitative estimate of drug-likeness (QED) is 0.138. The third-order valence-corrected chi connectivity index (χ3v) is 0.394. The SMILES string of the molecule is OCSOOO.[Na]. The van der Waals surface area contributed by atoms with Crippen molar-refractivity contribution in [2.45, 2.75) is 0 Å². The van der Waals surface area contributed by atoms with Gasteiger partial charge in [-0.15, -0.1) is 4.33 Å². The third-order valence-electron chi connectivity index (χ3n) is 0.131. The average molecular weight is 135 g/mol. The van der Waals surface area contributed by atoms with Crippen LogP contribution < -0.4 is 0 Å². The van der Waals surface area contributed by atoms with Gasteiger partial charge in [0.25, 0.3) is 0 Å². The molecular formula is CH4NaO4S. The van der Waals surface area contributed by atoms with Gasteiger partial charge < -0.3 is 5.11 Å². The standard InChI is InChI=1S/CH4O4S.Na/c2-1-6-5-4-3;/h2-3H,1H2;. The van der Waals surface area contributed by atoms with Crippen molar-refractivity contribution >= 4 is 41.6 Å². The Balaban J connectivity index is 0. The van der Waals surface area contributed by atoms with Crippen molar-refractivity contribution in [3.63, 3.8) is 0 Å². The van der Waals surface area contributed by atoms with Crippen LogP contribution in [-0.2, 0) is 9.37 Å². The molecule has 0 spiro atoms. The fourth-order valence-corrected chi connectivity index (χ4v) is 0.129. The normalized spacial score (nSPS) is 7.71. The molecule has 0 unspecified atom stereocenters. The first-order chi connectivity index (χ1) is 2.91. The Hall–Kier alpha value is 1.19. The molecule has 0 heterocycles. The third kappa shape index (κ3) is 11.0. The monoisotopic (exact) mass is 135 g/mol. The minimum atomic E-state index is -0.236. The van der Waals surface area contributed by atoms with Gasteiger partial charge in [0, 0.05) is 29.6 Å². The molecule has 0 aromatic carbocycles. The van der Waals surface area contributed by atoms with Crippen LogP contribution in [0.2, 0.25) is 0 Å². The zero-order valence-corrected chi connectivity index (χ0v) is 6.64. The summed E-state index contributed by atoms with van der Waals surface area (Å²) in [5, 5.41) is 18.3. The Morgan fingerprint density at radius 1 is 1.57 bits per heavy atom. The second-order valence-electron chi connectivity index (χ2n) is 0.390. The van der Waals surface area contributed by atoms with Crippen LogP contribution in [0.15, 0.2) is 0 Å². The van der Waals surface area contributed by atoms with Crippen LogP contribution in [-0.4, -0.2) is 45.9 Å². The fraction of sp³-hybridized carbons (Fsp3) is 1.00. The summed E-state index contributed by atoms with van der Waals surface area (Å²) < 4.78 is 3.70. The Kier molecular flexibility index (Phi) is 16.1. The number of rotatable bonds is 3. The van der Waals surface area contributed by atoms with Gasteiger partial charge in [-0.1, -0.05) is 5.04 Å². The van der Waals surface area contributed by atoms with E-state index >= 15 is 0 Å². The van der Waals surface area contributed by atoms with Gasteiger partial charge in [0.1, 0.15) is 5.94 Å². The molecule has 0 rings (SSSR count). The molecular weight excluding hydrogens is 131 g/mol. The molecule has 0 aliphatic carbocycles. The molecule has 0 aliphatic rings. The van der Waals surface area contributed by atoms with Crippen molar-refractivity contribution in [1.82, 2.24) is 0 Å². The molecule has 0 aliphatic heterocycles. The second-order valence-corrected chi connectivity index (χ2v) is 1.02. The Morgan fingerprint density at radius 2 is 2.14 bits per heavy atom. The summed E-state index contributed by atoms with van der Waals surface area (Å²) in [6.45, 7) is 0. The number of hydrogen-bond donors (Lipinski definition) is 2. The van der Waals surface area contributed by atoms with Crippen molar-refractivity contribution in [1.29, 1.82) is 0 Å². The van der Waals surface area contributed by atoms with E-state index < -0.39 is 0 Å². The number of aliphatic hydroxyl groups is 1. The topological polar surface area (TPSA) is 58.9 Å². The van der Waals surface area contributed by atoms with Crippen molar-refractivity contribution in [2.75, 3.05) is 5.94 Å². The van der Waals surface area contributed by atoms with Gasteiger partial charge >= 0.3 is 0 Å². The van der Waals surface area contributed by atoms with Gasteiger partial charge in [0.2, 0.25) is 0 Å². The van der Waals surface area contributed by atoms with E-state index in [2.05, 4.69) is 9.37 Å². The van der Waals surface area contributed by atoms with Gasteiger partial charge in [0.05, 0.1) is 12.0 Å². The van der Waals surface area contributed by atoms with Crippen LogP contribution in [0.3, 0.4) is 0 Å². The Bertz CT molecular complexity index is 23.7. The van der Waals surface area contributed by atoms with E-state index in [1.165, 1.54) is 0 Å². The summed E-state index contributed by atoms with van der Waals surface area (Å²) in [5.41, 5.74) is 0. The summed E-state index contributed by atoms with van der Waals surface area (Å²) >= 11 is 0.591. The molecule has 0 saturated heterocycles. The Morgan fingerprint density at radius 3 is 2.29 bits per heavy atom. The maximum absolute atomic E-state index is 7.84. The largest absolute Gasteiger partial charge is 0.383 e. The first kappa shape index (κ1) is 11.0. The van der Waals surface area contributed by atoms with E-state index in [1.807, 2.05) is 0 Å². The van der Waals surface area contributed by atoms with Crippen LogP contribution in [0.25, 0.3) is 0 Å². The van der Waals surface area contributed by atoms with Gasteiger partial charge in [-0.2, -0.15) is 0 Å². The molecule has 1 radical (unpaired) electrons. The van der Waals surface area contributed by atoms with Crippen molar-refractivity contribution in [3.05, 3.63) is 0 Å². The summed E-state index contributed by atoms with van der Waals surface area (Å²) in [6, 6.07) is 0. The summed E-state index contributed by atoms with van der Waals surface area (Å²) in [4.78, 5) is 0. The van der Waals surface area contributed by atoms with Crippen molar-refractivity contribution < 1.29 is 19.7 Å². The molecule has 7 heavy (non-hydrogen) atoms. The maximum atomic E-state index is 7.84.